The summed E-state index contributed by atoms with van der Waals surface area (Å²) >= 11 is 9.23. The van der Waals surface area contributed by atoms with E-state index in [9.17, 15) is 14.0 Å². The molecule has 2 amide bonds. The molecule has 2 aliphatic rings. The molecule has 1 saturated heterocycles. The first-order valence-corrected chi connectivity index (χ1v) is 9.99. The molecule has 0 aromatic heterocycles. The van der Waals surface area contributed by atoms with E-state index in [1.165, 1.54) is 0 Å². The van der Waals surface area contributed by atoms with Crippen LogP contribution in [0.3, 0.4) is 0 Å². The normalized spacial score (nSPS) is 17.5. The number of halogens is 3. The first-order valence-electron chi connectivity index (χ1n) is 8.82. The van der Waals surface area contributed by atoms with E-state index in [0.29, 0.717) is 37.6 Å². The van der Waals surface area contributed by atoms with Gasteiger partial charge in [0, 0.05) is 31.7 Å². The van der Waals surface area contributed by atoms with E-state index in [1.807, 2.05) is 25.7 Å². The molecule has 0 atom stereocenters. The third kappa shape index (κ3) is 4.41. The molecule has 2 aliphatic heterocycles. The number of aliphatic imine (C=N–C) groups is 1. The van der Waals surface area contributed by atoms with E-state index in [4.69, 9.17) is 16.3 Å². The molecule has 0 spiro atoms. The van der Waals surface area contributed by atoms with E-state index in [-0.39, 0.29) is 27.8 Å². The quantitative estimate of drug-likeness (QED) is 0.583. The van der Waals surface area contributed by atoms with E-state index >= 15 is 0 Å². The molecule has 7 nitrogen and oxygen atoms in total. The molecule has 10 heteroatoms. The first-order chi connectivity index (χ1) is 13.1. The molecule has 0 aliphatic carbocycles. The molecule has 0 saturated carbocycles. The van der Waals surface area contributed by atoms with Crippen molar-refractivity contribution in [3.05, 3.63) is 26.9 Å². The van der Waals surface area contributed by atoms with Gasteiger partial charge in [-0.3, -0.25) is 9.79 Å². The smallest absolute Gasteiger partial charge is 0.410 e. The van der Waals surface area contributed by atoms with Crippen molar-refractivity contribution in [1.82, 2.24) is 9.80 Å². The number of hydrogen-bond donors (Lipinski definition) is 1. The molecule has 0 unspecified atom stereocenters. The van der Waals surface area contributed by atoms with Crippen molar-refractivity contribution in [2.75, 3.05) is 38.0 Å². The van der Waals surface area contributed by atoms with Crippen LogP contribution in [0.15, 0.2) is 15.5 Å². The number of carbonyl (C=O) groups is 2. The Kier molecular flexibility index (Phi) is 5.86. The highest BCUT2D eigenvalue weighted by Gasteiger charge is 2.31. The number of anilines is 1. The number of rotatable bonds is 0. The number of amidine groups is 1. The fourth-order valence-electron chi connectivity index (χ4n) is 3.00. The fourth-order valence-corrected chi connectivity index (χ4v) is 3.51. The molecule has 2 heterocycles. The molecule has 1 aromatic rings. The van der Waals surface area contributed by atoms with Crippen LogP contribution in [-0.2, 0) is 9.53 Å². The van der Waals surface area contributed by atoms with Gasteiger partial charge in [0.2, 0.25) is 5.91 Å². The van der Waals surface area contributed by atoms with Crippen LogP contribution in [0.25, 0.3) is 0 Å². The SMILES string of the molecule is CC(C)(C)OC(=O)N1CCN(C2=NCC(=O)Nc3c2cc(Cl)c(Br)c3F)CC1. The van der Waals surface area contributed by atoms with Crippen molar-refractivity contribution >= 4 is 51.1 Å². The van der Waals surface area contributed by atoms with Crippen molar-refractivity contribution in [2.45, 2.75) is 26.4 Å². The molecule has 1 N–H and O–H groups in total. The van der Waals surface area contributed by atoms with Gasteiger partial charge in [0.25, 0.3) is 0 Å². The standard InChI is InChI=1S/C18H21BrClFN4O3/c1-18(2,3)28-17(27)25-6-4-24(5-7-25)16-10-8-11(20)13(19)14(21)15(10)23-12(26)9-22-16/h8H,4-7,9H2,1-3H3,(H,23,26). The number of carbonyl (C=O) groups excluding carboxylic acids is 2. The largest absolute Gasteiger partial charge is 0.444 e. The number of benzodiazepines with no additional fused rings is 1. The highest BCUT2D eigenvalue weighted by Crippen LogP contribution is 2.35. The van der Waals surface area contributed by atoms with Gasteiger partial charge in [0.1, 0.15) is 18.0 Å². The average molecular weight is 476 g/mol. The topological polar surface area (TPSA) is 74.2 Å². The summed E-state index contributed by atoms with van der Waals surface area (Å²) in [4.78, 5) is 32.1. The van der Waals surface area contributed by atoms with E-state index in [0.717, 1.165) is 0 Å². The summed E-state index contributed by atoms with van der Waals surface area (Å²) in [7, 11) is 0. The molecular weight excluding hydrogens is 455 g/mol. The zero-order valence-electron chi connectivity index (χ0n) is 15.8. The van der Waals surface area contributed by atoms with Crippen LogP contribution in [0, 0.1) is 5.82 Å². The maximum atomic E-state index is 14.7. The Hall–Kier alpha value is -1.87. The summed E-state index contributed by atoms with van der Waals surface area (Å²) in [5, 5.41) is 2.74. The van der Waals surface area contributed by atoms with Gasteiger partial charge in [-0.2, -0.15) is 0 Å². The molecule has 3 rings (SSSR count). The maximum absolute atomic E-state index is 14.7. The van der Waals surface area contributed by atoms with Gasteiger partial charge in [-0.15, -0.1) is 0 Å². The molecule has 1 aromatic carbocycles. The van der Waals surface area contributed by atoms with Crippen molar-refractivity contribution in [3.63, 3.8) is 0 Å². The van der Waals surface area contributed by atoms with Gasteiger partial charge in [0.15, 0.2) is 5.82 Å². The van der Waals surface area contributed by atoms with Crippen molar-refractivity contribution < 1.29 is 18.7 Å². The van der Waals surface area contributed by atoms with Crippen LogP contribution in [0.4, 0.5) is 14.9 Å². The summed E-state index contributed by atoms with van der Waals surface area (Å²) in [6.07, 6.45) is -0.370. The summed E-state index contributed by atoms with van der Waals surface area (Å²) in [5.41, 5.74) is -0.0963. The second-order valence-electron chi connectivity index (χ2n) is 7.55. The zero-order valence-corrected chi connectivity index (χ0v) is 18.2. The number of piperazine rings is 1. The highest BCUT2D eigenvalue weighted by molar-refractivity contribution is 9.10. The van der Waals surface area contributed by atoms with Crippen LogP contribution in [0.2, 0.25) is 5.02 Å². The summed E-state index contributed by atoms with van der Waals surface area (Å²) in [5.74, 6) is -0.569. The lowest BCUT2D eigenvalue weighted by molar-refractivity contribution is -0.114. The van der Waals surface area contributed by atoms with E-state index < -0.39 is 17.3 Å². The monoisotopic (exact) mass is 474 g/mol. The second kappa shape index (κ2) is 7.87. The van der Waals surface area contributed by atoms with Crippen LogP contribution >= 0.6 is 27.5 Å². The number of hydrogen-bond acceptors (Lipinski definition) is 5. The molecule has 0 radical (unpaired) electrons. The van der Waals surface area contributed by atoms with Crippen LogP contribution in [0.5, 0.6) is 0 Å². The zero-order chi connectivity index (χ0) is 20.6. The number of amides is 2. The van der Waals surface area contributed by atoms with Gasteiger partial charge in [0.05, 0.1) is 15.2 Å². The Labute approximate surface area is 176 Å². The van der Waals surface area contributed by atoms with Crippen LogP contribution in [0.1, 0.15) is 26.3 Å². The number of ether oxygens (including phenoxy) is 1. The first kappa shape index (κ1) is 20.9. The fraction of sp³-hybridized carbons (Fsp3) is 0.500. The predicted octanol–water partition coefficient (Wildman–Crippen LogP) is 3.49. The molecular formula is C18H21BrClFN4O3. The minimum Gasteiger partial charge on any atom is -0.444 e. The summed E-state index contributed by atoms with van der Waals surface area (Å²) in [6, 6.07) is 1.58. The molecule has 28 heavy (non-hydrogen) atoms. The van der Waals surface area contributed by atoms with Crippen molar-refractivity contribution in [2.24, 2.45) is 4.99 Å². The Morgan fingerprint density at radius 2 is 1.96 bits per heavy atom. The van der Waals surface area contributed by atoms with Gasteiger partial charge in [-0.05, 0) is 42.8 Å². The lowest BCUT2D eigenvalue weighted by Gasteiger charge is -2.37. The van der Waals surface area contributed by atoms with E-state index in [2.05, 4.69) is 26.2 Å². The Balaban J connectivity index is 1.82. The van der Waals surface area contributed by atoms with Gasteiger partial charge >= 0.3 is 6.09 Å². The molecule has 152 valence electrons. The van der Waals surface area contributed by atoms with Gasteiger partial charge in [-0.1, -0.05) is 11.6 Å². The molecule has 0 bridgehead atoms. The lowest BCUT2D eigenvalue weighted by Crippen LogP contribution is -2.51. The predicted molar refractivity (Wildman–Crippen MR) is 109 cm³/mol. The van der Waals surface area contributed by atoms with Gasteiger partial charge < -0.3 is 19.9 Å². The van der Waals surface area contributed by atoms with Crippen LogP contribution < -0.4 is 5.32 Å². The number of fused-ring (bicyclic) bond motifs is 1. The van der Waals surface area contributed by atoms with Crippen molar-refractivity contribution in [3.8, 4) is 0 Å². The minimum atomic E-state index is -0.641. The van der Waals surface area contributed by atoms with E-state index in [1.54, 1.807) is 11.0 Å². The summed E-state index contributed by atoms with van der Waals surface area (Å²) < 4.78 is 20.2. The third-order valence-electron chi connectivity index (χ3n) is 4.27. The summed E-state index contributed by atoms with van der Waals surface area (Å²) in [6.45, 7) is 7.14. The average Bonchev–Trinajstić information content (AvgIpc) is 2.77. The number of nitrogens with zero attached hydrogens (tertiary/aromatic N) is 3. The van der Waals surface area contributed by atoms with Crippen molar-refractivity contribution in [1.29, 1.82) is 0 Å². The Morgan fingerprint density at radius 3 is 2.57 bits per heavy atom. The second-order valence-corrected chi connectivity index (χ2v) is 8.75. The highest BCUT2D eigenvalue weighted by atomic mass is 79.9. The number of benzene rings is 1. The maximum Gasteiger partial charge on any atom is 0.410 e. The molecule has 1 fully saturated rings. The Morgan fingerprint density at radius 1 is 1.32 bits per heavy atom. The minimum absolute atomic E-state index is 0.0482. The van der Waals surface area contributed by atoms with Crippen LogP contribution in [-0.4, -0.2) is 66.0 Å². The van der Waals surface area contributed by atoms with Gasteiger partial charge in [-0.25, -0.2) is 9.18 Å². The number of nitrogens with one attached hydrogen (secondary N) is 1. The Bertz CT molecular complexity index is 848. The third-order valence-corrected chi connectivity index (χ3v) is 5.57. The lowest BCUT2D eigenvalue weighted by atomic mass is 10.1.